The number of rotatable bonds is 8. The summed E-state index contributed by atoms with van der Waals surface area (Å²) in [5, 5.41) is 3.89. The SMILES string of the molecule is O=P(c1ccccc1)(c1ccccc1)c1cc(-c2ncccn2)c(P(=O)(c2ccccc2)c2ccccc2)cc1-c1cccnc1. The van der Waals surface area contributed by atoms with Crippen LogP contribution in [0.2, 0.25) is 0 Å². The van der Waals surface area contributed by atoms with E-state index in [4.69, 9.17) is 0 Å². The number of benzene rings is 5. The summed E-state index contributed by atoms with van der Waals surface area (Å²) in [5.41, 5.74) is 2.01. The first kappa shape index (κ1) is 29.5. The van der Waals surface area contributed by atoms with Gasteiger partial charge in [0.25, 0.3) is 0 Å². The van der Waals surface area contributed by atoms with Crippen LogP contribution in [0.15, 0.2) is 176 Å². The number of hydrogen-bond acceptors (Lipinski definition) is 5. The fourth-order valence-corrected chi connectivity index (χ4v) is 11.6. The van der Waals surface area contributed by atoms with Gasteiger partial charge in [-0.1, -0.05) is 127 Å². The van der Waals surface area contributed by atoms with Gasteiger partial charge in [0, 0.05) is 67.7 Å². The highest BCUT2D eigenvalue weighted by Gasteiger charge is 2.38. The average Bonchev–Trinajstić information content (AvgIpc) is 3.16. The van der Waals surface area contributed by atoms with Gasteiger partial charge in [-0.2, -0.15) is 0 Å². The molecule has 7 rings (SSSR count). The van der Waals surface area contributed by atoms with Gasteiger partial charge in [-0.05, 0) is 29.8 Å². The van der Waals surface area contributed by atoms with Crippen molar-refractivity contribution in [3.05, 3.63) is 176 Å². The predicted molar refractivity (Wildman–Crippen MR) is 189 cm³/mol. The normalized spacial score (nSPS) is 11.7. The molecule has 5 nitrogen and oxygen atoms in total. The number of pyridine rings is 1. The second-order valence-electron chi connectivity index (χ2n) is 10.8. The smallest absolute Gasteiger partial charge is 0.171 e. The molecule has 0 saturated heterocycles. The van der Waals surface area contributed by atoms with Gasteiger partial charge in [0.05, 0.1) is 0 Å². The summed E-state index contributed by atoms with van der Waals surface area (Å²) in [6.07, 6.45) is 6.82. The van der Waals surface area contributed by atoms with Crippen molar-refractivity contribution in [2.75, 3.05) is 0 Å². The van der Waals surface area contributed by atoms with Gasteiger partial charge in [0.1, 0.15) is 0 Å². The Balaban J connectivity index is 1.66. The Morgan fingerprint density at radius 1 is 0.413 bits per heavy atom. The molecule has 0 aliphatic heterocycles. The summed E-state index contributed by atoms with van der Waals surface area (Å²) in [4.78, 5) is 13.7. The maximum absolute atomic E-state index is 16.0. The quantitative estimate of drug-likeness (QED) is 0.179. The van der Waals surface area contributed by atoms with E-state index in [1.165, 1.54) is 0 Å². The Bertz CT molecular complexity index is 1940. The molecule has 0 aliphatic carbocycles. The molecule has 0 N–H and O–H groups in total. The number of aromatic nitrogens is 3. The van der Waals surface area contributed by atoms with Crippen molar-refractivity contribution in [2.24, 2.45) is 0 Å². The van der Waals surface area contributed by atoms with E-state index in [-0.39, 0.29) is 0 Å². The number of nitrogens with zero attached hydrogens (tertiary/aromatic N) is 3. The number of hydrogen-bond donors (Lipinski definition) is 0. The summed E-state index contributed by atoms with van der Waals surface area (Å²) in [6.45, 7) is 0. The predicted octanol–water partition coefficient (Wildman–Crippen LogP) is 6.48. The zero-order valence-electron chi connectivity index (χ0n) is 24.8. The lowest BCUT2D eigenvalue weighted by Crippen LogP contribution is -2.31. The van der Waals surface area contributed by atoms with Crippen LogP contribution in [0, 0.1) is 0 Å². The van der Waals surface area contributed by atoms with E-state index < -0.39 is 14.3 Å². The van der Waals surface area contributed by atoms with Gasteiger partial charge in [0.2, 0.25) is 0 Å². The molecule has 7 aromatic rings. The molecule has 2 aromatic heterocycles. The standard InChI is InChI=1S/C39H29N3O2P2/c43-45(31-16-5-1-6-17-31,32-18-7-2-8-19-32)37-28-36(39-41-25-14-26-42-39)38(27-35(37)30-15-13-24-40-29-30)46(44,33-20-9-3-10-21-33)34-22-11-4-12-23-34/h1-29H. The maximum atomic E-state index is 16.0. The lowest BCUT2D eigenvalue weighted by Gasteiger charge is -2.27. The van der Waals surface area contributed by atoms with Gasteiger partial charge in [-0.15, -0.1) is 0 Å². The van der Waals surface area contributed by atoms with Crippen LogP contribution in [0.3, 0.4) is 0 Å². The Morgan fingerprint density at radius 3 is 1.24 bits per heavy atom. The van der Waals surface area contributed by atoms with E-state index in [1.807, 2.05) is 146 Å². The van der Waals surface area contributed by atoms with E-state index in [1.54, 1.807) is 30.9 Å². The monoisotopic (exact) mass is 633 g/mol. The van der Waals surface area contributed by atoms with Crippen LogP contribution in [0.1, 0.15) is 0 Å². The first-order valence-corrected chi connectivity index (χ1v) is 18.3. The van der Waals surface area contributed by atoms with Crippen LogP contribution in [-0.2, 0) is 9.13 Å². The molecular formula is C39H29N3O2P2. The van der Waals surface area contributed by atoms with Crippen molar-refractivity contribution in [1.82, 2.24) is 15.0 Å². The molecule has 0 aliphatic rings. The molecule has 2 heterocycles. The largest absolute Gasteiger partial charge is 0.309 e. The summed E-state index contributed by atoms with van der Waals surface area (Å²) >= 11 is 0. The molecule has 0 saturated carbocycles. The Kier molecular flexibility index (Phi) is 8.11. The van der Waals surface area contributed by atoms with Crippen LogP contribution in [0.5, 0.6) is 0 Å². The molecule has 0 bridgehead atoms. The molecule has 0 unspecified atom stereocenters. The van der Waals surface area contributed by atoms with E-state index in [0.29, 0.717) is 48.8 Å². The minimum Gasteiger partial charge on any atom is -0.309 e. The zero-order valence-corrected chi connectivity index (χ0v) is 26.6. The zero-order chi connectivity index (χ0) is 31.4. The summed E-state index contributed by atoms with van der Waals surface area (Å²) in [6, 6.07) is 47.6. The van der Waals surface area contributed by atoms with Crippen LogP contribution < -0.4 is 31.8 Å². The minimum atomic E-state index is -3.53. The fraction of sp³-hybridized carbons (Fsp3) is 0. The minimum absolute atomic E-state index is 0.399. The van der Waals surface area contributed by atoms with Crippen molar-refractivity contribution >= 4 is 46.1 Å². The highest BCUT2D eigenvalue weighted by molar-refractivity contribution is 7.86. The van der Waals surface area contributed by atoms with Crippen molar-refractivity contribution < 1.29 is 9.13 Å². The van der Waals surface area contributed by atoms with Crippen molar-refractivity contribution in [1.29, 1.82) is 0 Å². The summed E-state index contributed by atoms with van der Waals surface area (Å²) in [7, 11) is -7.05. The van der Waals surface area contributed by atoms with Crippen LogP contribution in [0.4, 0.5) is 0 Å². The first-order chi connectivity index (χ1) is 22.6. The van der Waals surface area contributed by atoms with Crippen LogP contribution in [0.25, 0.3) is 22.5 Å². The van der Waals surface area contributed by atoms with E-state index in [2.05, 4.69) is 15.0 Å². The molecular weight excluding hydrogens is 604 g/mol. The second-order valence-corrected chi connectivity index (χ2v) is 16.2. The molecule has 0 atom stereocenters. The average molecular weight is 634 g/mol. The van der Waals surface area contributed by atoms with Gasteiger partial charge < -0.3 is 9.13 Å². The van der Waals surface area contributed by atoms with Gasteiger partial charge in [-0.3, -0.25) is 4.98 Å². The molecule has 7 heteroatoms. The highest BCUT2D eigenvalue weighted by atomic mass is 31.2. The maximum Gasteiger partial charge on any atom is 0.171 e. The van der Waals surface area contributed by atoms with E-state index >= 15 is 9.13 Å². The lowest BCUT2D eigenvalue weighted by molar-refractivity contribution is 0.591. The van der Waals surface area contributed by atoms with Gasteiger partial charge >= 0.3 is 0 Å². The van der Waals surface area contributed by atoms with E-state index in [0.717, 1.165) is 5.56 Å². The summed E-state index contributed by atoms with van der Waals surface area (Å²) < 4.78 is 31.9. The topological polar surface area (TPSA) is 72.8 Å². The lowest BCUT2D eigenvalue weighted by atomic mass is 10.0. The molecule has 5 aromatic carbocycles. The van der Waals surface area contributed by atoms with E-state index in [9.17, 15) is 0 Å². The van der Waals surface area contributed by atoms with Gasteiger partial charge in [0.15, 0.2) is 20.1 Å². The third-order valence-corrected chi connectivity index (χ3v) is 14.2. The molecule has 0 amide bonds. The van der Waals surface area contributed by atoms with Crippen LogP contribution in [-0.4, -0.2) is 15.0 Å². The third kappa shape index (κ3) is 5.24. The van der Waals surface area contributed by atoms with Crippen molar-refractivity contribution in [2.45, 2.75) is 0 Å². The Morgan fingerprint density at radius 2 is 0.826 bits per heavy atom. The fourth-order valence-electron chi connectivity index (χ4n) is 5.87. The van der Waals surface area contributed by atoms with Crippen molar-refractivity contribution in [3.8, 4) is 22.5 Å². The molecule has 0 spiro atoms. The van der Waals surface area contributed by atoms with Crippen molar-refractivity contribution in [3.63, 3.8) is 0 Å². The Hall–Kier alpha value is -5.21. The third-order valence-electron chi connectivity index (χ3n) is 8.05. The molecule has 46 heavy (non-hydrogen) atoms. The Labute approximate surface area is 268 Å². The van der Waals surface area contributed by atoms with Gasteiger partial charge in [-0.25, -0.2) is 9.97 Å². The first-order valence-electron chi connectivity index (χ1n) is 14.9. The molecule has 0 radical (unpaired) electrons. The second kappa shape index (κ2) is 12.7. The molecule has 0 fully saturated rings. The summed E-state index contributed by atoms with van der Waals surface area (Å²) in [5.74, 6) is 0.399. The van der Waals surface area contributed by atoms with Crippen LogP contribution >= 0.6 is 14.3 Å². The highest BCUT2D eigenvalue weighted by Crippen LogP contribution is 2.50. The molecule has 222 valence electrons.